The van der Waals surface area contributed by atoms with Crippen molar-refractivity contribution in [3.05, 3.63) is 17.9 Å². The zero-order valence-electron chi connectivity index (χ0n) is 5.93. The number of hydrogen-bond acceptors (Lipinski definition) is 2. The van der Waals surface area contributed by atoms with E-state index in [1.807, 2.05) is 5.90 Å². The SMILES string of the molecule is C=CCOCCC.[NH3+][O-]. The predicted molar refractivity (Wildman–Crippen MR) is 37.6 cm³/mol. The van der Waals surface area contributed by atoms with E-state index < -0.39 is 0 Å². The Kier molecular flexibility index (Phi) is 19.9. The van der Waals surface area contributed by atoms with Crippen molar-refractivity contribution in [2.75, 3.05) is 13.2 Å². The molecule has 0 radical (unpaired) electrons. The van der Waals surface area contributed by atoms with Gasteiger partial charge in [-0.05, 0) is 6.42 Å². The maximum Gasteiger partial charge on any atom is 0.0644 e. The highest BCUT2D eigenvalue weighted by atomic mass is 16.5. The van der Waals surface area contributed by atoms with Crippen molar-refractivity contribution >= 4 is 0 Å². The summed E-state index contributed by atoms with van der Waals surface area (Å²) in [6.45, 7) is 7.14. The lowest BCUT2D eigenvalue weighted by Gasteiger charge is -1.92. The third kappa shape index (κ3) is 18.4. The molecule has 0 spiro atoms. The van der Waals surface area contributed by atoms with E-state index in [0.29, 0.717) is 6.61 Å². The maximum absolute atomic E-state index is 8.00. The summed E-state index contributed by atoms with van der Waals surface area (Å²) in [6.07, 6.45) is 2.85. The van der Waals surface area contributed by atoms with E-state index in [1.54, 1.807) is 6.08 Å². The number of hydrogen-bond donors (Lipinski definition) is 1. The van der Waals surface area contributed by atoms with Gasteiger partial charge in [-0.15, -0.1) is 6.58 Å². The molecular formula is C6H15NO2. The van der Waals surface area contributed by atoms with E-state index in [-0.39, 0.29) is 0 Å². The lowest BCUT2D eigenvalue weighted by atomic mass is 10.5. The monoisotopic (exact) mass is 133 g/mol. The summed E-state index contributed by atoms with van der Waals surface area (Å²) in [4.78, 5) is 0. The van der Waals surface area contributed by atoms with Crippen LogP contribution in [0.1, 0.15) is 13.3 Å². The molecule has 0 amide bonds. The van der Waals surface area contributed by atoms with Gasteiger partial charge in [0.2, 0.25) is 0 Å². The second kappa shape index (κ2) is 15.6. The predicted octanol–water partition coefficient (Wildman–Crippen LogP) is 0.325. The second-order valence-electron chi connectivity index (χ2n) is 1.36. The summed E-state index contributed by atoms with van der Waals surface area (Å²) in [5.41, 5.74) is 0. The van der Waals surface area contributed by atoms with Crippen LogP contribution < -0.4 is 5.90 Å². The van der Waals surface area contributed by atoms with E-state index in [9.17, 15) is 0 Å². The first-order valence-electron chi connectivity index (χ1n) is 2.89. The Morgan fingerprint density at radius 1 is 1.67 bits per heavy atom. The molecule has 0 aromatic rings. The van der Waals surface area contributed by atoms with Gasteiger partial charge in [0.25, 0.3) is 0 Å². The zero-order chi connectivity index (χ0) is 7.54. The molecule has 0 atom stereocenters. The molecule has 9 heavy (non-hydrogen) atoms. The Labute approximate surface area is 56.1 Å². The lowest BCUT2D eigenvalue weighted by molar-refractivity contribution is -0.275. The first kappa shape index (κ1) is 11.4. The maximum atomic E-state index is 8.00. The van der Waals surface area contributed by atoms with Crippen molar-refractivity contribution in [2.24, 2.45) is 0 Å². The molecule has 0 aromatic carbocycles. The normalized spacial score (nSPS) is 7.44. The highest BCUT2D eigenvalue weighted by Gasteiger charge is 1.74. The van der Waals surface area contributed by atoms with Crippen LogP contribution in [-0.2, 0) is 4.74 Å². The van der Waals surface area contributed by atoms with Gasteiger partial charge in [-0.25, -0.2) is 0 Å². The third-order valence-corrected chi connectivity index (χ3v) is 0.584. The highest BCUT2D eigenvalue weighted by Crippen LogP contribution is 1.77. The molecule has 3 N–H and O–H groups in total. The molecular weight excluding hydrogens is 118 g/mol. The van der Waals surface area contributed by atoms with E-state index >= 15 is 0 Å². The molecule has 56 valence electrons. The highest BCUT2D eigenvalue weighted by molar-refractivity contribution is 4.63. The first-order chi connectivity index (χ1) is 4.41. The standard InChI is InChI=1S/C6H12O.H3NO/c1-3-5-7-6-4-2;1-2/h3H,1,4-6H2,2H3;1H3. The third-order valence-electron chi connectivity index (χ3n) is 0.584. The van der Waals surface area contributed by atoms with Gasteiger partial charge >= 0.3 is 0 Å². The summed E-state index contributed by atoms with van der Waals surface area (Å²) < 4.78 is 5.01. The minimum Gasteiger partial charge on any atom is -0.637 e. The van der Waals surface area contributed by atoms with Crippen LogP contribution in [0.25, 0.3) is 0 Å². The van der Waals surface area contributed by atoms with E-state index in [0.717, 1.165) is 13.0 Å². The molecule has 0 aliphatic carbocycles. The van der Waals surface area contributed by atoms with Crippen molar-refractivity contribution in [3.63, 3.8) is 0 Å². The van der Waals surface area contributed by atoms with E-state index in [2.05, 4.69) is 13.5 Å². The Balaban J connectivity index is 0. The zero-order valence-corrected chi connectivity index (χ0v) is 5.93. The largest absolute Gasteiger partial charge is 0.637 e. The average molecular weight is 133 g/mol. The van der Waals surface area contributed by atoms with Gasteiger partial charge < -0.3 is 15.8 Å². The van der Waals surface area contributed by atoms with Crippen molar-refractivity contribution < 1.29 is 10.6 Å². The molecule has 0 bridgehead atoms. The van der Waals surface area contributed by atoms with Crippen molar-refractivity contribution in [3.8, 4) is 0 Å². The minimum absolute atomic E-state index is 0.688. The topological polar surface area (TPSA) is 59.9 Å². The van der Waals surface area contributed by atoms with Gasteiger partial charge in [0.15, 0.2) is 0 Å². The van der Waals surface area contributed by atoms with Crippen LogP contribution in [0.4, 0.5) is 0 Å². The fraction of sp³-hybridized carbons (Fsp3) is 0.667. The van der Waals surface area contributed by atoms with Crippen LogP contribution in [0, 0.1) is 5.21 Å². The molecule has 0 saturated heterocycles. The van der Waals surface area contributed by atoms with Gasteiger partial charge in [0.1, 0.15) is 0 Å². The molecule has 3 heteroatoms. The molecule has 0 aliphatic heterocycles. The van der Waals surface area contributed by atoms with Gasteiger partial charge in [-0.2, -0.15) is 0 Å². The molecule has 3 nitrogen and oxygen atoms in total. The van der Waals surface area contributed by atoms with Gasteiger partial charge in [0.05, 0.1) is 6.61 Å². The molecule has 0 rings (SSSR count). The second-order valence-corrected chi connectivity index (χ2v) is 1.36. The molecule has 0 aliphatic rings. The van der Waals surface area contributed by atoms with Crippen LogP contribution >= 0.6 is 0 Å². The number of ether oxygens (including phenoxy) is 1. The summed E-state index contributed by atoms with van der Waals surface area (Å²) in [5.74, 6) is 2.00. The molecule has 0 aromatic heterocycles. The molecule has 0 heterocycles. The average Bonchev–Trinajstić information content (AvgIpc) is 1.94. The van der Waals surface area contributed by atoms with E-state index in [4.69, 9.17) is 9.94 Å². The first-order valence-corrected chi connectivity index (χ1v) is 2.89. The summed E-state index contributed by atoms with van der Waals surface area (Å²) in [7, 11) is 0. The quantitative estimate of drug-likeness (QED) is 0.341. The lowest BCUT2D eigenvalue weighted by Crippen LogP contribution is -2.37. The Morgan fingerprint density at radius 3 is 2.56 bits per heavy atom. The van der Waals surface area contributed by atoms with Crippen LogP contribution in [0.2, 0.25) is 0 Å². The van der Waals surface area contributed by atoms with Crippen LogP contribution in [0.5, 0.6) is 0 Å². The smallest absolute Gasteiger partial charge is 0.0644 e. The Morgan fingerprint density at radius 2 is 2.22 bits per heavy atom. The van der Waals surface area contributed by atoms with Crippen LogP contribution in [0.15, 0.2) is 12.7 Å². The minimum atomic E-state index is 0.688. The molecule has 0 fully saturated rings. The van der Waals surface area contributed by atoms with E-state index in [1.165, 1.54) is 0 Å². The Bertz CT molecular complexity index is 48.3. The fourth-order valence-electron chi connectivity index (χ4n) is 0.311. The van der Waals surface area contributed by atoms with Gasteiger partial charge in [0, 0.05) is 6.61 Å². The van der Waals surface area contributed by atoms with Crippen LogP contribution in [0.3, 0.4) is 0 Å². The van der Waals surface area contributed by atoms with Gasteiger partial charge in [-0.1, -0.05) is 13.0 Å². The Hall–Kier alpha value is -0.380. The van der Waals surface area contributed by atoms with Crippen LogP contribution in [-0.4, -0.2) is 13.2 Å². The number of quaternary nitrogens is 1. The fourth-order valence-corrected chi connectivity index (χ4v) is 0.311. The van der Waals surface area contributed by atoms with Crippen molar-refractivity contribution in [1.29, 1.82) is 0 Å². The summed E-state index contributed by atoms with van der Waals surface area (Å²) in [6, 6.07) is 0. The number of rotatable bonds is 4. The summed E-state index contributed by atoms with van der Waals surface area (Å²) >= 11 is 0. The van der Waals surface area contributed by atoms with Crippen molar-refractivity contribution in [1.82, 2.24) is 0 Å². The molecule has 0 unspecified atom stereocenters. The molecule has 0 saturated carbocycles. The summed E-state index contributed by atoms with van der Waals surface area (Å²) in [5, 5.41) is 8.00. The van der Waals surface area contributed by atoms with Gasteiger partial charge in [-0.3, -0.25) is 0 Å². The van der Waals surface area contributed by atoms with Crippen molar-refractivity contribution in [2.45, 2.75) is 13.3 Å².